The highest BCUT2D eigenvalue weighted by Gasteiger charge is 2.24. The summed E-state index contributed by atoms with van der Waals surface area (Å²) in [5.74, 6) is -1.34. The highest BCUT2D eigenvalue weighted by molar-refractivity contribution is 6.48. The number of ether oxygens (including phenoxy) is 1. The molecule has 2 aromatic rings. The predicted molar refractivity (Wildman–Crippen MR) is 103 cm³/mol. The quantitative estimate of drug-likeness (QED) is 0.701. The minimum absolute atomic E-state index is 0.00158. The molecule has 1 amide bonds. The number of hydrogen-bond donors (Lipinski definition) is 1. The van der Waals surface area contributed by atoms with Gasteiger partial charge in [0.05, 0.1) is 15.1 Å². The Balaban J connectivity index is 2.13. The van der Waals surface area contributed by atoms with Crippen LogP contribution in [-0.2, 0) is 9.53 Å². The molecule has 0 radical (unpaired) electrons. The molecule has 0 bridgehead atoms. The summed E-state index contributed by atoms with van der Waals surface area (Å²) in [7, 11) is 0. The van der Waals surface area contributed by atoms with Gasteiger partial charge in [-0.15, -0.1) is 0 Å². The monoisotopic (exact) mass is 414 g/mol. The van der Waals surface area contributed by atoms with Crippen LogP contribution in [-0.4, -0.2) is 23.0 Å². The third-order valence-electron chi connectivity index (χ3n) is 3.69. The van der Waals surface area contributed by atoms with Crippen molar-refractivity contribution in [2.24, 2.45) is 0 Å². The summed E-state index contributed by atoms with van der Waals surface area (Å²) >= 11 is 17.6. The summed E-state index contributed by atoms with van der Waals surface area (Å²) in [4.78, 5) is 28.4. The van der Waals surface area contributed by atoms with Gasteiger partial charge in [0.2, 0.25) is 0 Å². The van der Waals surface area contributed by atoms with E-state index in [4.69, 9.17) is 39.5 Å². The Kier molecular flexibility index (Phi) is 6.50. The molecule has 0 saturated carbocycles. The van der Waals surface area contributed by atoms with Crippen LogP contribution >= 0.6 is 34.8 Å². The normalized spacial score (nSPS) is 11.8. The van der Waals surface area contributed by atoms with E-state index in [-0.39, 0.29) is 20.8 Å². The molecular formula is C18H17Cl3N2O3. The lowest BCUT2D eigenvalue weighted by molar-refractivity contribution is -0.123. The average Bonchev–Trinajstić information content (AvgIpc) is 2.55. The van der Waals surface area contributed by atoms with Crippen LogP contribution in [0.2, 0.25) is 15.1 Å². The number of benzene rings is 1. The number of nitrogens with zero attached hydrogens (tertiary/aromatic N) is 1. The molecule has 138 valence electrons. The molecular weight excluding hydrogens is 399 g/mol. The number of hydrogen-bond acceptors (Lipinski definition) is 4. The highest BCUT2D eigenvalue weighted by Crippen LogP contribution is 2.31. The third-order valence-corrected chi connectivity index (χ3v) is 4.93. The van der Waals surface area contributed by atoms with Crippen LogP contribution in [0.1, 0.15) is 34.1 Å². The van der Waals surface area contributed by atoms with E-state index >= 15 is 0 Å². The summed E-state index contributed by atoms with van der Waals surface area (Å²) in [6, 6.07) is 3.91. The minimum atomic E-state index is -1.06. The first kappa shape index (κ1) is 20.5. The van der Waals surface area contributed by atoms with Crippen molar-refractivity contribution < 1.29 is 14.3 Å². The van der Waals surface area contributed by atoms with Crippen molar-refractivity contribution in [3.05, 3.63) is 55.8 Å². The molecule has 1 heterocycles. The third kappa shape index (κ3) is 4.47. The Hall–Kier alpha value is -1.82. The number of aryl methyl sites for hydroxylation is 3. The molecule has 26 heavy (non-hydrogen) atoms. The summed E-state index contributed by atoms with van der Waals surface area (Å²) in [6.45, 7) is 7.22. The predicted octanol–water partition coefficient (Wildman–Crippen LogP) is 5.15. The molecule has 0 aliphatic rings. The Morgan fingerprint density at radius 3 is 2.23 bits per heavy atom. The van der Waals surface area contributed by atoms with Crippen LogP contribution in [0.25, 0.3) is 0 Å². The molecule has 1 N–H and O–H groups in total. The molecule has 1 aromatic heterocycles. The molecule has 1 atom stereocenters. The van der Waals surface area contributed by atoms with Crippen molar-refractivity contribution >= 4 is 52.4 Å². The molecule has 1 aromatic carbocycles. The second-order valence-electron chi connectivity index (χ2n) is 5.89. The van der Waals surface area contributed by atoms with E-state index in [0.717, 1.165) is 16.7 Å². The first-order valence-corrected chi connectivity index (χ1v) is 8.84. The fourth-order valence-corrected chi connectivity index (χ4v) is 3.02. The maximum Gasteiger partial charge on any atom is 0.359 e. The summed E-state index contributed by atoms with van der Waals surface area (Å²) in [6.07, 6.45) is 0.130. The molecule has 0 aliphatic carbocycles. The van der Waals surface area contributed by atoms with E-state index in [1.807, 2.05) is 32.9 Å². The largest absolute Gasteiger partial charge is 0.448 e. The lowest BCUT2D eigenvalue weighted by atomic mass is 10.0. The molecule has 8 heteroatoms. The standard InChI is InChI=1S/C18H17Cl3N2O3/c1-8-5-9(2)15(10(3)6-8)23-17(24)11(4)26-18(25)16-14(21)13(20)12(19)7-22-16/h5-7,11H,1-4H3,(H,23,24)/t11-/m1/s1. The van der Waals surface area contributed by atoms with Gasteiger partial charge in [0, 0.05) is 11.9 Å². The van der Waals surface area contributed by atoms with Gasteiger partial charge in [-0.25, -0.2) is 9.78 Å². The van der Waals surface area contributed by atoms with E-state index in [2.05, 4.69) is 10.3 Å². The molecule has 0 fully saturated rings. The number of amides is 1. The Bertz CT molecular complexity index is 861. The van der Waals surface area contributed by atoms with Crippen molar-refractivity contribution in [2.75, 3.05) is 5.32 Å². The Morgan fingerprint density at radius 2 is 1.65 bits per heavy atom. The number of halogens is 3. The number of rotatable bonds is 4. The number of carbonyl (C=O) groups is 2. The van der Waals surface area contributed by atoms with Gasteiger partial charge in [0.1, 0.15) is 0 Å². The van der Waals surface area contributed by atoms with E-state index in [1.54, 1.807) is 0 Å². The molecule has 0 saturated heterocycles. The van der Waals surface area contributed by atoms with Crippen LogP contribution in [0.4, 0.5) is 5.69 Å². The second kappa shape index (κ2) is 8.25. The maximum atomic E-state index is 12.4. The van der Waals surface area contributed by atoms with E-state index in [9.17, 15) is 9.59 Å². The smallest absolute Gasteiger partial charge is 0.359 e. The lowest BCUT2D eigenvalue weighted by Gasteiger charge is -2.17. The van der Waals surface area contributed by atoms with Gasteiger partial charge in [0.15, 0.2) is 11.8 Å². The van der Waals surface area contributed by atoms with Crippen molar-refractivity contribution in [1.82, 2.24) is 4.98 Å². The van der Waals surface area contributed by atoms with E-state index in [1.165, 1.54) is 13.1 Å². The Labute approximate surface area is 166 Å². The molecule has 2 rings (SSSR count). The maximum absolute atomic E-state index is 12.4. The Morgan fingerprint density at radius 1 is 1.08 bits per heavy atom. The van der Waals surface area contributed by atoms with E-state index in [0.29, 0.717) is 5.69 Å². The van der Waals surface area contributed by atoms with Crippen LogP contribution in [0, 0.1) is 20.8 Å². The van der Waals surface area contributed by atoms with Crippen molar-refractivity contribution in [1.29, 1.82) is 0 Å². The topological polar surface area (TPSA) is 68.3 Å². The fourth-order valence-electron chi connectivity index (χ4n) is 2.46. The SMILES string of the molecule is Cc1cc(C)c(NC(=O)[C@@H](C)OC(=O)c2ncc(Cl)c(Cl)c2Cl)c(C)c1. The average molecular weight is 416 g/mol. The second-order valence-corrected chi connectivity index (χ2v) is 7.06. The zero-order valence-corrected chi connectivity index (χ0v) is 16.9. The molecule has 0 unspecified atom stereocenters. The lowest BCUT2D eigenvalue weighted by Crippen LogP contribution is -2.30. The fraction of sp³-hybridized carbons (Fsp3) is 0.278. The first-order valence-electron chi connectivity index (χ1n) is 7.71. The van der Waals surface area contributed by atoms with Crippen molar-refractivity contribution in [3.8, 4) is 0 Å². The summed E-state index contributed by atoms with van der Waals surface area (Å²) < 4.78 is 5.15. The van der Waals surface area contributed by atoms with Gasteiger partial charge >= 0.3 is 5.97 Å². The number of esters is 1. The summed E-state index contributed by atoms with van der Waals surface area (Å²) in [5, 5.41) is 2.77. The molecule has 0 spiro atoms. The zero-order valence-electron chi connectivity index (χ0n) is 14.6. The van der Waals surface area contributed by atoms with Gasteiger partial charge in [-0.1, -0.05) is 52.5 Å². The number of carbonyl (C=O) groups excluding carboxylic acids is 2. The van der Waals surface area contributed by atoms with Gasteiger partial charge in [-0.05, 0) is 38.8 Å². The number of aromatic nitrogens is 1. The van der Waals surface area contributed by atoms with Gasteiger partial charge in [-0.3, -0.25) is 4.79 Å². The van der Waals surface area contributed by atoms with Gasteiger partial charge in [-0.2, -0.15) is 0 Å². The van der Waals surface area contributed by atoms with Crippen molar-refractivity contribution in [3.63, 3.8) is 0 Å². The van der Waals surface area contributed by atoms with E-state index < -0.39 is 18.0 Å². The zero-order chi connectivity index (χ0) is 19.6. The van der Waals surface area contributed by atoms with Gasteiger partial charge < -0.3 is 10.1 Å². The first-order chi connectivity index (χ1) is 12.1. The van der Waals surface area contributed by atoms with Crippen LogP contribution in [0.15, 0.2) is 18.3 Å². The number of nitrogens with one attached hydrogen (secondary N) is 1. The van der Waals surface area contributed by atoms with Gasteiger partial charge in [0.25, 0.3) is 5.91 Å². The number of pyridine rings is 1. The van der Waals surface area contributed by atoms with Crippen LogP contribution < -0.4 is 5.32 Å². The molecule has 0 aliphatic heterocycles. The minimum Gasteiger partial charge on any atom is -0.448 e. The number of anilines is 1. The van der Waals surface area contributed by atoms with Crippen LogP contribution in [0.5, 0.6) is 0 Å². The van der Waals surface area contributed by atoms with Crippen molar-refractivity contribution in [2.45, 2.75) is 33.8 Å². The highest BCUT2D eigenvalue weighted by atomic mass is 35.5. The summed E-state index contributed by atoms with van der Waals surface area (Å²) in [5.41, 5.74) is 3.42. The molecule has 5 nitrogen and oxygen atoms in total. The van der Waals surface area contributed by atoms with Crippen LogP contribution in [0.3, 0.4) is 0 Å².